The van der Waals surface area contributed by atoms with E-state index in [9.17, 15) is 13.2 Å². The van der Waals surface area contributed by atoms with E-state index in [2.05, 4.69) is 0 Å². The van der Waals surface area contributed by atoms with Crippen LogP contribution in [0.2, 0.25) is 0 Å². The molecule has 0 radical (unpaired) electrons. The van der Waals surface area contributed by atoms with Crippen molar-refractivity contribution in [2.24, 2.45) is 0 Å². The van der Waals surface area contributed by atoms with Crippen LogP contribution in [-0.4, -0.2) is 0 Å². The molecule has 0 amide bonds. The number of fused-ring (bicyclic) bond motifs is 1. The first-order valence-electron chi connectivity index (χ1n) is 7.35. The minimum atomic E-state index is -4.16. The summed E-state index contributed by atoms with van der Waals surface area (Å²) in [5.41, 5.74) is -3.32. The van der Waals surface area contributed by atoms with Crippen molar-refractivity contribution in [2.45, 2.75) is 56.9 Å². The first kappa shape index (κ1) is 17.8. The Morgan fingerprint density at radius 3 is 2.14 bits per heavy atom. The molecular weight excluding hydrogens is 373 g/mol. The number of benzene rings is 1. The maximum absolute atomic E-state index is 13.6. The molecule has 1 fully saturated rings. The van der Waals surface area contributed by atoms with Gasteiger partial charge in [0.05, 0.1) is 10.5 Å². The van der Waals surface area contributed by atoms with Crippen LogP contribution in [0.15, 0.2) is 24.3 Å². The first-order valence-corrected chi connectivity index (χ1v) is 8.57. The Labute approximate surface area is 142 Å². The second kappa shape index (κ2) is 5.82. The molecular formula is C17H20BrF3S. The van der Waals surface area contributed by atoms with Crippen LogP contribution in [0, 0.1) is 0 Å². The lowest BCUT2D eigenvalue weighted by Crippen LogP contribution is -3.00. The van der Waals surface area contributed by atoms with Crippen molar-refractivity contribution in [2.75, 3.05) is 0 Å². The average Bonchev–Trinajstić information content (AvgIpc) is 2.61. The molecule has 0 aliphatic heterocycles. The fraction of sp³-hybridized carbons (Fsp3) is 0.529. The van der Waals surface area contributed by atoms with Gasteiger partial charge in [0.1, 0.15) is 0 Å². The van der Waals surface area contributed by atoms with Gasteiger partial charge in [-0.05, 0) is 29.9 Å². The molecule has 1 aromatic heterocycles. The molecule has 122 valence electrons. The molecule has 5 heteroatoms. The quantitative estimate of drug-likeness (QED) is 0.650. The van der Waals surface area contributed by atoms with Crippen molar-refractivity contribution in [3.63, 3.8) is 0 Å². The molecule has 1 aliphatic rings. The molecule has 0 N–H and O–H groups in total. The minimum Gasteiger partial charge on any atom is -1.00 e. The van der Waals surface area contributed by atoms with E-state index in [1.54, 1.807) is 6.07 Å². The first-order chi connectivity index (χ1) is 9.68. The van der Waals surface area contributed by atoms with Gasteiger partial charge in [-0.1, -0.05) is 33.3 Å². The van der Waals surface area contributed by atoms with Gasteiger partial charge in [0.2, 0.25) is 0 Å². The van der Waals surface area contributed by atoms with Gasteiger partial charge in [0.25, 0.3) is 0 Å². The van der Waals surface area contributed by atoms with Gasteiger partial charge >= 0.3 is 5.51 Å². The maximum atomic E-state index is 13.6. The third-order valence-electron chi connectivity index (χ3n) is 4.37. The molecule has 1 unspecified atom stereocenters. The third-order valence-corrected chi connectivity index (χ3v) is 6.55. The maximum Gasteiger partial charge on any atom is 0.600 e. The van der Waals surface area contributed by atoms with Crippen molar-refractivity contribution in [3.05, 3.63) is 34.7 Å². The molecule has 1 heterocycles. The van der Waals surface area contributed by atoms with Crippen LogP contribution in [0.1, 0.15) is 56.4 Å². The number of halogens is 4. The van der Waals surface area contributed by atoms with Crippen molar-refractivity contribution >= 4 is 20.6 Å². The largest absolute Gasteiger partial charge is 1.00 e. The summed E-state index contributed by atoms with van der Waals surface area (Å²) < 4.78 is 41.3. The molecule has 0 saturated heterocycles. The number of rotatable bonds is 1. The molecule has 1 aliphatic carbocycles. The molecule has 3 rings (SSSR count). The molecule has 1 saturated carbocycles. The summed E-state index contributed by atoms with van der Waals surface area (Å²) in [7, 11) is -1.72. The van der Waals surface area contributed by atoms with E-state index < -0.39 is 16.0 Å². The van der Waals surface area contributed by atoms with Crippen molar-refractivity contribution in [1.29, 1.82) is 0 Å². The van der Waals surface area contributed by atoms with Crippen LogP contribution in [0.4, 0.5) is 13.2 Å². The van der Waals surface area contributed by atoms with Gasteiger partial charge in [-0.15, -0.1) is 13.2 Å². The Morgan fingerprint density at radius 1 is 1.05 bits per heavy atom. The number of thiophene rings is 1. The van der Waals surface area contributed by atoms with Crippen LogP contribution in [0.25, 0.3) is 10.1 Å². The van der Waals surface area contributed by atoms with Crippen LogP contribution in [-0.2, 0) is 10.9 Å². The molecule has 22 heavy (non-hydrogen) atoms. The lowest BCUT2D eigenvalue weighted by Gasteiger charge is -2.22. The van der Waals surface area contributed by atoms with Crippen molar-refractivity contribution in [3.8, 4) is 0 Å². The number of hydrogen-bond donors (Lipinski definition) is 0. The fourth-order valence-corrected chi connectivity index (χ4v) is 5.06. The van der Waals surface area contributed by atoms with Crippen molar-refractivity contribution < 1.29 is 30.2 Å². The van der Waals surface area contributed by atoms with E-state index in [-0.39, 0.29) is 28.3 Å². The van der Waals surface area contributed by atoms with E-state index >= 15 is 0 Å². The summed E-state index contributed by atoms with van der Waals surface area (Å²) in [6.07, 6.45) is 2.87. The summed E-state index contributed by atoms with van der Waals surface area (Å²) in [6, 6.07) is 7.43. The van der Waals surface area contributed by atoms with Gasteiger partial charge in [-0.3, -0.25) is 0 Å². The lowest BCUT2D eigenvalue weighted by molar-refractivity contribution is -0.0868. The summed E-state index contributed by atoms with van der Waals surface area (Å²) in [5.74, 6) is 0.139. The minimum absolute atomic E-state index is 0. The van der Waals surface area contributed by atoms with Gasteiger partial charge in [-0.2, -0.15) is 0 Å². The van der Waals surface area contributed by atoms with Gasteiger partial charge in [0, 0.05) is 23.4 Å². The standard InChI is InChI=1S/C17H20F3S.BrH/c1-16(2,3)13-8-7-12-9-14(11-5-4-6-11)21(15(12)10-13)17(18,19)20;/h7-11H,4-6H2,1-3H3;1H/q+1;/p-1. The predicted octanol–water partition coefficient (Wildman–Crippen LogP) is 3.63. The molecule has 1 aromatic carbocycles. The van der Waals surface area contributed by atoms with Crippen LogP contribution in [0.3, 0.4) is 0 Å². The van der Waals surface area contributed by atoms with Gasteiger partial charge < -0.3 is 17.0 Å². The highest BCUT2D eigenvalue weighted by molar-refractivity contribution is 7.38. The third kappa shape index (κ3) is 3.07. The zero-order valence-electron chi connectivity index (χ0n) is 12.9. The topological polar surface area (TPSA) is 0 Å². The number of alkyl halides is 3. The van der Waals surface area contributed by atoms with E-state index in [1.165, 1.54) is 0 Å². The van der Waals surface area contributed by atoms with Crippen LogP contribution in [0.5, 0.6) is 0 Å². The van der Waals surface area contributed by atoms with Crippen LogP contribution < -0.4 is 17.0 Å². The monoisotopic (exact) mass is 392 g/mol. The summed E-state index contributed by atoms with van der Waals surface area (Å²) >= 11 is 0. The van der Waals surface area contributed by atoms with Gasteiger partial charge in [-0.25, -0.2) is 0 Å². The zero-order chi connectivity index (χ0) is 15.4. The summed E-state index contributed by atoms with van der Waals surface area (Å²) in [6.45, 7) is 6.11. The lowest BCUT2D eigenvalue weighted by atomic mass is 9.84. The predicted molar refractivity (Wildman–Crippen MR) is 83.0 cm³/mol. The van der Waals surface area contributed by atoms with E-state index in [1.807, 2.05) is 39.0 Å². The molecule has 1 atom stereocenters. The Morgan fingerprint density at radius 2 is 1.68 bits per heavy atom. The van der Waals surface area contributed by atoms with Gasteiger partial charge in [0.15, 0.2) is 9.58 Å². The Bertz CT molecular complexity index is 675. The second-order valence-corrected chi connectivity index (χ2v) is 8.92. The highest BCUT2D eigenvalue weighted by atomic mass is 79.9. The van der Waals surface area contributed by atoms with Crippen LogP contribution >= 0.6 is 10.5 Å². The number of hydrogen-bond acceptors (Lipinski definition) is 0. The van der Waals surface area contributed by atoms with E-state index in [0.29, 0.717) is 9.58 Å². The van der Waals surface area contributed by atoms with E-state index in [0.717, 1.165) is 30.2 Å². The van der Waals surface area contributed by atoms with Crippen molar-refractivity contribution in [1.82, 2.24) is 0 Å². The highest BCUT2D eigenvalue weighted by Crippen LogP contribution is 2.56. The zero-order valence-corrected chi connectivity index (χ0v) is 15.3. The molecule has 0 bridgehead atoms. The second-order valence-electron chi connectivity index (χ2n) is 6.93. The smallest absolute Gasteiger partial charge is 0.600 e. The highest BCUT2D eigenvalue weighted by Gasteiger charge is 2.50. The molecule has 0 nitrogen and oxygen atoms in total. The normalized spacial score (nSPS) is 17.3. The molecule has 2 aromatic rings. The fourth-order valence-electron chi connectivity index (χ4n) is 2.87. The molecule has 0 spiro atoms. The summed E-state index contributed by atoms with van der Waals surface area (Å²) in [5, 5.41) is 0.769. The SMILES string of the molecule is CC(C)(C)c1ccc2cc(C3CCC3)[s+](C(F)(F)F)c2c1.[Br-]. The summed E-state index contributed by atoms with van der Waals surface area (Å²) in [4.78, 5) is 0.620. The Balaban J connectivity index is 0.00000176. The Hall–Kier alpha value is -0.550. The Kier molecular flexibility index (Phi) is 4.71. The van der Waals surface area contributed by atoms with E-state index in [4.69, 9.17) is 0 Å². The average molecular weight is 393 g/mol.